The number of aliphatic imine (C=N–C) groups is 1. The molecule has 0 bridgehead atoms. The average Bonchev–Trinajstić information content (AvgIpc) is 3.26. The molecule has 0 spiro atoms. The third-order valence-electron chi connectivity index (χ3n) is 4.54. The van der Waals surface area contributed by atoms with Crippen LogP contribution < -0.4 is 15.5 Å². The molecule has 1 fully saturated rings. The quantitative estimate of drug-likeness (QED) is 0.396. The number of nitrogens with one attached hydrogen (secondary N) is 2. The first-order chi connectivity index (χ1) is 13.7. The number of hydrogen-bond acceptors (Lipinski definition) is 5. The summed E-state index contributed by atoms with van der Waals surface area (Å²) in [6.07, 6.45) is 1.48. The summed E-state index contributed by atoms with van der Waals surface area (Å²) in [6, 6.07) is 10.7. The van der Waals surface area contributed by atoms with E-state index in [1.54, 1.807) is 18.2 Å². The number of benzene rings is 1. The van der Waals surface area contributed by atoms with Crippen molar-refractivity contribution in [1.29, 1.82) is 0 Å². The van der Waals surface area contributed by atoms with Crippen LogP contribution in [0.25, 0.3) is 0 Å². The fourth-order valence-corrected chi connectivity index (χ4v) is 3.14. The van der Waals surface area contributed by atoms with Crippen LogP contribution in [-0.2, 0) is 0 Å². The average molecular weight is 385 g/mol. The van der Waals surface area contributed by atoms with Crippen molar-refractivity contribution in [1.82, 2.24) is 15.5 Å². The molecule has 150 valence electrons. The van der Waals surface area contributed by atoms with E-state index in [4.69, 9.17) is 4.42 Å². The van der Waals surface area contributed by atoms with E-state index in [2.05, 4.69) is 25.4 Å². The zero-order valence-corrected chi connectivity index (χ0v) is 16.1. The molecule has 1 aromatic heterocycles. The Bertz CT molecular complexity index is 783. The maximum Gasteiger partial charge on any atom is 0.287 e. The molecule has 0 saturated carbocycles. The van der Waals surface area contributed by atoms with E-state index < -0.39 is 0 Å². The van der Waals surface area contributed by atoms with Gasteiger partial charge in [0, 0.05) is 39.3 Å². The highest BCUT2D eigenvalue weighted by atomic mass is 16.3. The molecule has 0 radical (unpaired) electrons. The molecule has 1 aliphatic heterocycles. The number of phenols is 1. The molecule has 2 aromatic rings. The van der Waals surface area contributed by atoms with Gasteiger partial charge in [-0.15, -0.1) is 0 Å². The van der Waals surface area contributed by atoms with Crippen molar-refractivity contribution in [2.75, 3.05) is 50.7 Å². The van der Waals surface area contributed by atoms with Gasteiger partial charge in [-0.3, -0.25) is 9.79 Å². The fourth-order valence-electron chi connectivity index (χ4n) is 3.14. The molecule has 0 atom stereocenters. The number of para-hydroxylation sites is 2. The molecule has 3 N–H and O–H groups in total. The Morgan fingerprint density at radius 1 is 1.14 bits per heavy atom. The normalized spacial score (nSPS) is 14.8. The van der Waals surface area contributed by atoms with E-state index in [0.717, 1.165) is 44.4 Å². The predicted molar refractivity (Wildman–Crippen MR) is 109 cm³/mol. The summed E-state index contributed by atoms with van der Waals surface area (Å²) < 4.78 is 5.07. The second-order valence-corrected chi connectivity index (χ2v) is 6.43. The summed E-state index contributed by atoms with van der Waals surface area (Å²) in [5.41, 5.74) is 0.865. The fraction of sp³-hybridized carbons (Fsp3) is 0.400. The molecule has 1 aliphatic rings. The topological polar surface area (TPSA) is 93.3 Å². The van der Waals surface area contributed by atoms with Gasteiger partial charge in [0.2, 0.25) is 0 Å². The van der Waals surface area contributed by atoms with Crippen molar-refractivity contribution in [2.24, 2.45) is 4.99 Å². The van der Waals surface area contributed by atoms with Gasteiger partial charge in [-0.2, -0.15) is 0 Å². The summed E-state index contributed by atoms with van der Waals surface area (Å²) in [5.74, 6) is 1.22. The molecule has 2 heterocycles. The largest absolute Gasteiger partial charge is 0.506 e. The van der Waals surface area contributed by atoms with E-state index in [-0.39, 0.29) is 5.91 Å². The summed E-state index contributed by atoms with van der Waals surface area (Å²) in [4.78, 5) is 20.9. The first-order valence-electron chi connectivity index (χ1n) is 9.57. The number of carbonyl (C=O) groups excluding carboxylic acids is 1. The molecule has 3 rings (SSSR count). The molecule has 0 aliphatic carbocycles. The van der Waals surface area contributed by atoms with Gasteiger partial charge in [0.25, 0.3) is 5.91 Å². The summed E-state index contributed by atoms with van der Waals surface area (Å²) in [6.45, 7) is 6.94. The van der Waals surface area contributed by atoms with Gasteiger partial charge < -0.3 is 30.0 Å². The van der Waals surface area contributed by atoms with Crippen LogP contribution in [0.2, 0.25) is 0 Å². The van der Waals surface area contributed by atoms with E-state index in [0.29, 0.717) is 24.6 Å². The lowest BCUT2D eigenvalue weighted by molar-refractivity contribution is 0.0927. The van der Waals surface area contributed by atoms with Gasteiger partial charge >= 0.3 is 0 Å². The lowest BCUT2D eigenvalue weighted by Gasteiger charge is -2.37. The van der Waals surface area contributed by atoms with Crippen LogP contribution in [-0.4, -0.2) is 67.7 Å². The molecule has 0 unspecified atom stereocenters. The minimum Gasteiger partial charge on any atom is -0.506 e. The lowest BCUT2D eigenvalue weighted by Crippen LogP contribution is -2.52. The molecular weight excluding hydrogens is 358 g/mol. The first kappa shape index (κ1) is 19.6. The second-order valence-electron chi connectivity index (χ2n) is 6.43. The number of furan rings is 1. The van der Waals surface area contributed by atoms with Gasteiger partial charge in [0.05, 0.1) is 18.5 Å². The molecule has 1 amide bonds. The van der Waals surface area contributed by atoms with Crippen LogP contribution in [0.15, 0.2) is 52.1 Å². The highest BCUT2D eigenvalue weighted by Crippen LogP contribution is 2.27. The van der Waals surface area contributed by atoms with Crippen LogP contribution >= 0.6 is 0 Å². The van der Waals surface area contributed by atoms with Crippen LogP contribution in [0.1, 0.15) is 17.5 Å². The third kappa shape index (κ3) is 4.97. The zero-order valence-electron chi connectivity index (χ0n) is 16.1. The van der Waals surface area contributed by atoms with Gasteiger partial charge in [-0.1, -0.05) is 12.1 Å². The maximum atomic E-state index is 11.9. The highest BCUT2D eigenvalue weighted by molar-refractivity contribution is 5.91. The van der Waals surface area contributed by atoms with E-state index >= 15 is 0 Å². The van der Waals surface area contributed by atoms with Gasteiger partial charge in [0.15, 0.2) is 11.7 Å². The first-order valence-corrected chi connectivity index (χ1v) is 9.57. The van der Waals surface area contributed by atoms with Crippen molar-refractivity contribution in [2.45, 2.75) is 6.92 Å². The van der Waals surface area contributed by atoms with E-state index in [9.17, 15) is 9.90 Å². The number of rotatable bonds is 6. The number of carbonyl (C=O) groups is 1. The lowest BCUT2D eigenvalue weighted by atomic mass is 10.2. The summed E-state index contributed by atoms with van der Waals surface area (Å²) >= 11 is 0. The number of guanidine groups is 1. The Hall–Kier alpha value is -3.16. The van der Waals surface area contributed by atoms with Gasteiger partial charge in [-0.05, 0) is 31.2 Å². The van der Waals surface area contributed by atoms with Crippen LogP contribution in [0.3, 0.4) is 0 Å². The number of anilines is 1. The van der Waals surface area contributed by atoms with Crippen molar-refractivity contribution >= 4 is 17.6 Å². The second kappa shape index (κ2) is 9.68. The predicted octanol–water partition coefficient (Wildman–Crippen LogP) is 1.50. The number of nitrogens with zero attached hydrogens (tertiary/aromatic N) is 3. The van der Waals surface area contributed by atoms with Gasteiger partial charge in [-0.25, -0.2) is 0 Å². The van der Waals surface area contributed by atoms with Gasteiger partial charge in [0.1, 0.15) is 5.75 Å². The Labute approximate surface area is 164 Å². The minimum absolute atomic E-state index is 0.235. The molecule has 1 aromatic carbocycles. The zero-order chi connectivity index (χ0) is 19.8. The Morgan fingerprint density at radius 2 is 1.93 bits per heavy atom. The number of aromatic hydroxyl groups is 1. The SMILES string of the molecule is CCNC(=NCCNC(=O)c1ccco1)N1CCN(c2ccccc2O)CC1. The Morgan fingerprint density at radius 3 is 2.61 bits per heavy atom. The Kier molecular flexibility index (Phi) is 6.78. The van der Waals surface area contributed by atoms with Crippen molar-refractivity contribution < 1.29 is 14.3 Å². The van der Waals surface area contributed by atoms with Crippen LogP contribution in [0, 0.1) is 0 Å². The number of amides is 1. The highest BCUT2D eigenvalue weighted by Gasteiger charge is 2.21. The molecule has 28 heavy (non-hydrogen) atoms. The van der Waals surface area contributed by atoms with Crippen molar-refractivity contribution in [3.05, 3.63) is 48.4 Å². The number of phenolic OH excluding ortho intramolecular Hbond substituents is 1. The van der Waals surface area contributed by atoms with E-state index in [1.807, 2.05) is 25.1 Å². The van der Waals surface area contributed by atoms with Crippen LogP contribution in [0.5, 0.6) is 5.75 Å². The summed E-state index contributed by atoms with van der Waals surface area (Å²) in [7, 11) is 0. The smallest absolute Gasteiger partial charge is 0.287 e. The summed E-state index contributed by atoms with van der Waals surface area (Å²) in [5, 5.41) is 16.2. The molecule has 8 heteroatoms. The maximum absolute atomic E-state index is 11.9. The van der Waals surface area contributed by atoms with E-state index in [1.165, 1.54) is 6.26 Å². The minimum atomic E-state index is -0.235. The monoisotopic (exact) mass is 385 g/mol. The van der Waals surface area contributed by atoms with Crippen molar-refractivity contribution in [3.8, 4) is 5.75 Å². The third-order valence-corrected chi connectivity index (χ3v) is 4.54. The number of piperazine rings is 1. The Balaban J connectivity index is 1.50. The number of hydrogen-bond donors (Lipinski definition) is 3. The molecule has 8 nitrogen and oxygen atoms in total. The van der Waals surface area contributed by atoms with Crippen LogP contribution in [0.4, 0.5) is 5.69 Å². The molecule has 1 saturated heterocycles. The molecular formula is C20H27N5O3. The van der Waals surface area contributed by atoms with Crippen molar-refractivity contribution in [3.63, 3.8) is 0 Å². The standard InChI is InChI=1S/C20H27N5O3/c1-2-21-20(23-10-9-22-19(27)18-8-5-15-28-18)25-13-11-24(12-14-25)16-6-3-4-7-17(16)26/h3-8,15,26H,2,9-14H2,1H3,(H,21,23)(H,22,27).